The molecule has 2 fully saturated rings. The fourth-order valence-corrected chi connectivity index (χ4v) is 0.461. The van der Waals surface area contributed by atoms with Crippen LogP contribution >= 0.6 is 0 Å². The van der Waals surface area contributed by atoms with Gasteiger partial charge in [-0.3, -0.25) is 0 Å². The van der Waals surface area contributed by atoms with Crippen LogP contribution in [-0.4, -0.2) is 65.4 Å². The van der Waals surface area contributed by atoms with Crippen LogP contribution in [0.3, 0.4) is 0 Å². The molecule has 2 aliphatic heterocycles. The van der Waals surface area contributed by atoms with Crippen LogP contribution in [0.25, 0.3) is 0 Å². The number of hydrogen-bond donors (Lipinski definition) is 1. The topological polar surface area (TPSA) is 69.7 Å². The molecule has 6 nitrogen and oxygen atoms in total. The third-order valence-corrected chi connectivity index (χ3v) is 1.65. The molecule has 0 saturated carbocycles. The van der Waals surface area contributed by atoms with Crippen molar-refractivity contribution in [3.63, 3.8) is 0 Å². The SMILES string of the molecule is C.C.C.C1CO1.C1COCO1.CC.CCC(O)OC.CCOC. The smallest absolute Gasteiger partial charge is 0.153 e. The van der Waals surface area contributed by atoms with Gasteiger partial charge in [0.05, 0.1) is 26.4 Å². The highest BCUT2D eigenvalue weighted by Gasteiger charge is 1.94. The molecule has 1 atom stereocenters. The average Bonchev–Trinajstić information content (AvgIpc) is 3.30. The van der Waals surface area contributed by atoms with E-state index in [1.807, 2.05) is 27.7 Å². The summed E-state index contributed by atoms with van der Waals surface area (Å²) in [5.41, 5.74) is 0. The summed E-state index contributed by atoms with van der Waals surface area (Å²) < 4.78 is 22.9. The van der Waals surface area contributed by atoms with E-state index in [4.69, 9.17) is 14.6 Å². The highest BCUT2D eigenvalue weighted by Crippen LogP contribution is 1.86. The highest BCUT2D eigenvalue weighted by atomic mass is 16.7. The summed E-state index contributed by atoms with van der Waals surface area (Å²) in [6, 6.07) is 0. The fourth-order valence-electron chi connectivity index (χ4n) is 0.461. The van der Waals surface area contributed by atoms with Gasteiger partial charge in [0.25, 0.3) is 0 Å². The van der Waals surface area contributed by atoms with E-state index in [0.29, 0.717) is 13.2 Å². The summed E-state index contributed by atoms with van der Waals surface area (Å²) in [5.74, 6) is 0. The molecular formula is C17H46O6. The van der Waals surface area contributed by atoms with E-state index in [9.17, 15) is 0 Å². The molecule has 6 heteroatoms. The summed E-state index contributed by atoms with van der Waals surface area (Å²) in [5, 5.41) is 8.44. The normalized spacial score (nSPS) is 13.7. The molecule has 0 aliphatic carbocycles. The van der Waals surface area contributed by atoms with E-state index in [1.165, 1.54) is 7.11 Å². The zero-order valence-electron chi connectivity index (χ0n) is 14.0. The van der Waals surface area contributed by atoms with Gasteiger partial charge in [-0.05, 0) is 13.3 Å². The second-order valence-corrected chi connectivity index (χ2v) is 3.22. The average molecular weight is 347 g/mol. The molecule has 2 heterocycles. The van der Waals surface area contributed by atoms with Crippen LogP contribution in [0.1, 0.15) is 56.4 Å². The van der Waals surface area contributed by atoms with E-state index in [2.05, 4.69) is 14.2 Å². The van der Waals surface area contributed by atoms with Gasteiger partial charge in [-0.25, -0.2) is 0 Å². The van der Waals surface area contributed by atoms with Gasteiger partial charge >= 0.3 is 0 Å². The monoisotopic (exact) mass is 346 g/mol. The first-order chi connectivity index (χ1) is 9.72. The Morgan fingerprint density at radius 2 is 1.17 bits per heavy atom. The van der Waals surface area contributed by atoms with Gasteiger partial charge in [0, 0.05) is 20.8 Å². The van der Waals surface area contributed by atoms with Gasteiger partial charge in [-0.15, -0.1) is 0 Å². The van der Waals surface area contributed by atoms with Gasteiger partial charge in [0.1, 0.15) is 6.79 Å². The Morgan fingerprint density at radius 3 is 1.22 bits per heavy atom. The Kier molecular flexibility index (Phi) is 71.8. The standard InChI is InChI=1S/C4H10O2.C3H6O2.C3H8O.C2H4O.C2H6.3CH4/c1-3-4(5)6-2;1-2-5-3-4-1;1-3-4-2;1-2-3-1;1-2;;;/h4-5H,3H2,1-2H3;1-3H2;3H2,1-2H3;1-2H2;1-2H3;3*1H4. The molecule has 2 rings (SSSR count). The molecule has 2 saturated heterocycles. The maximum Gasteiger partial charge on any atom is 0.153 e. The zero-order chi connectivity index (χ0) is 16.1. The molecule has 1 unspecified atom stereocenters. The number of hydrogen-bond acceptors (Lipinski definition) is 6. The summed E-state index contributed by atoms with van der Waals surface area (Å²) in [4.78, 5) is 0. The minimum absolute atomic E-state index is 0. The van der Waals surface area contributed by atoms with Crippen LogP contribution in [-0.2, 0) is 23.7 Å². The second kappa shape index (κ2) is 43.0. The molecule has 0 aromatic heterocycles. The van der Waals surface area contributed by atoms with E-state index < -0.39 is 6.29 Å². The van der Waals surface area contributed by atoms with Crippen molar-refractivity contribution in [3.8, 4) is 0 Å². The summed E-state index contributed by atoms with van der Waals surface area (Å²) in [7, 11) is 3.16. The Hall–Kier alpha value is -0.240. The maximum atomic E-state index is 8.44. The quantitative estimate of drug-likeness (QED) is 0.616. The van der Waals surface area contributed by atoms with E-state index in [1.54, 1.807) is 7.11 Å². The molecular weight excluding hydrogens is 300 g/mol. The van der Waals surface area contributed by atoms with Gasteiger partial charge < -0.3 is 28.8 Å². The molecule has 150 valence electrons. The lowest BCUT2D eigenvalue weighted by atomic mass is 10.5. The van der Waals surface area contributed by atoms with Crippen LogP contribution in [0.15, 0.2) is 0 Å². The maximum absolute atomic E-state index is 8.44. The van der Waals surface area contributed by atoms with Crippen LogP contribution < -0.4 is 0 Å². The first-order valence-corrected chi connectivity index (χ1v) is 7.15. The highest BCUT2D eigenvalue weighted by molar-refractivity contribution is 4.36. The number of ether oxygens (including phenoxy) is 5. The van der Waals surface area contributed by atoms with Crippen molar-refractivity contribution in [2.24, 2.45) is 0 Å². The predicted octanol–water partition coefficient (Wildman–Crippen LogP) is 3.96. The Bertz CT molecular complexity index is 114. The number of aliphatic hydroxyl groups is 1. The molecule has 0 amide bonds. The molecule has 0 aromatic rings. The van der Waals surface area contributed by atoms with Gasteiger partial charge in [0.15, 0.2) is 6.29 Å². The lowest BCUT2D eigenvalue weighted by Gasteiger charge is -2.00. The largest absolute Gasteiger partial charge is 0.385 e. The number of aliphatic hydroxyl groups excluding tert-OH is 1. The van der Waals surface area contributed by atoms with Crippen LogP contribution in [0.2, 0.25) is 0 Å². The first-order valence-electron chi connectivity index (χ1n) is 7.15. The molecule has 0 bridgehead atoms. The van der Waals surface area contributed by atoms with Crippen molar-refractivity contribution in [1.82, 2.24) is 0 Å². The van der Waals surface area contributed by atoms with Crippen molar-refractivity contribution in [2.45, 2.75) is 62.7 Å². The van der Waals surface area contributed by atoms with Crippen molar-refractivity contribution in [3.05, 3.63) is 0 Å². The molecule has 0 radical (unpaired) electrons. The lowest BCUT2D eigenvalue weighted by molar-refractivity contribution is -0.0748. The Labute approximate surface area is 146 Å². The van der Waals surface area contributed by atoms with Crippen molar-refractivity contribution in [2.75, 3.05) is 54.0 Å². The molecule has 1 N–H and O–H groups in total. The lowest BCUT2D eigenvalue weighted by Crippen LogP contribution is -2.05. The molecule has 23 heavy (non-hydrogen) atoms. The minimum atomic E-state index is -0.565. The fraction of sp³-hybridized carbons (Fsp3) is 1.00. The number of epoxide rings is 1. The Balaban J connectivity index is -0.0000000394. The summed E-state index contributed by atoms with van der Waals surface area (Å²) in [6.45, 7) is 12.7. The van der Waals surface area contributed by atoms with Crippen molar-refractivity contribution < 1.29 is 28.8 Å². The molecule has 0 spiro atoms. The number of rotatable bonds is 3. The van der Waals surface area contributed by atoms with E-state index in [-0.39, 0.29) is 22.3 Å². The van der Waals surface area contributed by atoms with Gasteiger partial charge in [0.2, 0.25) is 0 Å². The second-order valence-electron chi connectivity index (χ2n) is 3.22. The van der Waals surface area contributed by atoms with Crippen LogP contribution in [0, 0.1) is 0 Å². The molecule has 2 aliphatic rings. The Morgan fingerprint density at radius 1 is 0.870 bits per heavy atom. The summed E-state index contributed by atoms with van der Waals surface area (Å²) in [6.07, 6.45) is 0.0984. The zero-order valence-corrected chi connectivity index (χ0v) is 14.0. The first kappa shape index (κ1) is 38.4. The van der Waals surface area contributed by atoms with Crippen molar-refractivity contribution in [1.29, 1.82) is 0 Å². The molecule has 0 aromatic carbocycles. The van der Waals surface area contributed by atoms with Crippen molar-refractivity contribution >= 4 is 0 Å². The van der Waals surface area contributed by atoms with Crippen LogP contribution in [0.5, 0.6) is 0 Å². The van der Waals surface area contributed by atoms with Gasteiger partial charge in [-0.1, -0.05) is 43.1 Å². The minimum Gasteiger partial charge on any atom is -0.385 e. The van der Waals surface area contributed by atoms with E-state index in [0.717, 1.165) is 33.0 Å². The van der Waals surface area contributed by atoms with E-state index >= 15 is 0 Å². The third kappa shape index (κ3) is 73.4. The van der Waals surface area contributed by atoms with Crippen LogP contribution in [0.4, 0.5) is 0 Å². The summed E-state index contributed by atoms with van der Waals surface area (Å²) >= 11 is 0. The predicted molar refractivity (Wildman–Crippen MR) is 100.0 cm³/mol. The third-order valence-electron chi connectivity index (χ3n) is 1.65. The number of methoxy groups -OCH3 is 2. The van der Waals surface area contributed by atoms with Gasteiger partial charge in [-0.2, -0.15) is 0 Å².